The fourth-order valence-electron chi connectivity index (χ4n) is 6.95. The van der Waals surface area contributed by atoms with E-state index in [1.165, 1.54) is 25.3 Å². The second kappa shape index (κ2) is 5.38. The molecule has 5 heteroatoms. The molecule has 2 atom stereocenters. The summed E-state index contributed by atoms with van der Waals surface area (Å²) in [6, 6.07) is 7.55. The average Bonchev–Trinajstić information content (AvgIpc) is 3.31. The summed E-state index contributed by atoms with van der Waals surface area (Å²) >= 11 is 0. The van der Waals surface area contributed by atoms with Crippen LogP contribution < -0.4 is 0 Å². The van der Waals surface area contributed by atoms with Crippen molar-refractivity contribution in [2.24, 2.45) is 34.5 Å². The first-order valence-electron chi connectivity index (χ1n) is 9.74. The Hall–Kier alpha value is -2.27. The summed E-state index contributed by atoms with van der Waals surface area (Å²) in [5, 5.41) is 19.4. The van der Waals surface area contributed by atoms with Gasteiger partial charge in [-0.2, -0.15) is 10.5 Å². The van der Waals surface area contributed by atoms with Crippen molar-refractivity contribution in [2.75, 3.05) is 0 Å². The van der Waals surface area contributed by atoms with E-state index in [0.29, 0.717) is 23.3 Å². The summed E-state index contributed by atoms with van der Waals surface area (Å²) in [6.45, 7) is 0. The van der Waals surface area contributed by atoms with Gasteiger partial charge in [0.25, 0.3) is 0 Å². The Morgan fingerprint density at radius 2 is 1.52 bits per heavy atom. The Bertz CT molecular complexity index is 876. The van der Waals surface area contributed by atoms with Gasteiger partial charge in [-0.3, -0.25) is 4.79 Å². The lowest BCUT2D eigenvalue weighted by atomic mass is 9.48. The van der Waals surface area contributed by atoms with Gasteiger partial charge in [0.15, 0.2) is 17.0 Å². The molecule has 5 aliphatic carbocycles. The molecule has 0 aliphatic heterocycles. The molecule has 138 valence electrons. The fraction of sp³-hybridized carbons (Fsp3) is 0.591. The normalized spacial score (nSPS) is 40.2. The van der Waals surface area contributed by atoms with Crippen molar-refractivity contribution in [3.05, 3.63) is 35.4 Å². The molecule has 0 spiro atoms. The van der Waals surface area contributed by atoms with Crippen molar-refractivity contribution < 1.29 is 13.6 Å². The van der Waals surface area contributed by atoms with Gasteiger partial charge in [-0.25, -0.2) is 8.78 Å². The van der Waals surface area contributed by atoms with Crippen molar-refractivity contribution in [1.29, 1.82) is 10.5 Å². The Morgan fingerprint density at radius 1 is 0.963 bits per heavy atom. The van der Waals surface area contributed by atoms with Crippen LogP contribution in [0.5, 0.6) is 0 Å². The van der Waals surface area contributed by atoms with Crippen molar-refractivity contribution in [1.82, 2.24) is 0 Å². The van der Waals surface area contributed by atoms with Crippen LogP contribution in [0, 0.1) is 68.8 Å². The number of carbonyl (C=O) groups is 1. The largest absolute Gasteiger partial charge is 0.299 e. The van der Waals surface area contributed by atoms with Crippen LogP contribution in [-0.2, 0) is 4.79 Å². The third-order valence-corrected chi connectivity index (χ3v) is 7.72. The highest BCUT2D eigenvalue weighted by Crippen LogP contribution is 2.70. The van der Waals surface area contributed by atoms with E-state index in [9.17, 15) is 24.1 Å². The molecule has 0 unspecified atom stereocenters. The van der Waals surface area contributed by atoms with Crippen LogP contribution in [0.1, 0.15) is 50.0 Å². The second-order valence-electron chi connectivity index (χ2n) is 9.28. The third kappa shape index (κ3) is 2.18. The first-order valence-corrected chi connectivity index (χ1v) is 9.74. The number of nitrogens with zero attached hydrogens (tertiary/aromatic N) is 2. The second-order valence-corrected chi connectivity index (χ2v) is 9.28. The Labute approximate surface area is 157 Å². The smallest absolute Gasteiger partial charge is 0.161 e. The van der Waals surface area contributed by atoms with Gasteiger partial charge >= 0.3 is 0 Å². The van der Waals surface area contributed by atoms with E-state index in [-0.39, 0.29) is 5.78 Å². The predicted molar refractivity (Wildman–Crippen MR) is 91.9 cm³/mol. The number of benzene rings is 1. The van der Waals surface area contributed by atoms with E-state index in [1.807, 2.05) is 12.1 Å². The topological polar surface area (TPSA) is 64.7 Å². The van der Waals surface area contributed by atoms with Crippen molar-refractivity contribution in [2.45, 2.75) is 44.4 Å². The van der Waals surface area contributed by atoms with Gasteiger partial charge in [0.2, 0.25) is 0 Å². The molecular formula is C22H20F2N2O. The molecule has 0 radical (unpaired) electrons. The minimum Gasteiger partial charge on any atom is -0.299 e. The summed E-state index contributed by atoms with van der Waals surface area (Å²) in [5.41, 5.74) is -1.49. The van der Waals surface area contributed by atoms with E-state index in [0.717, 1.165) is 31.4 Å². The Kier molecular flexibility index (Phi) is 3.36. The Balaban J connectivity index is 1.52. The van der Waals surface area contributed by atoms with E-state index < -0.39 is 34.3 Å². The maximum Gasteiger partial charge on any atom is 0.161 e. The summed E-state index contributed by atoms with van der Waals surface area (Å²) < 4.78 is 27.1. The lowest BCUT2D eigenvalue weighted by Crippen LogP contribution is -2.50. The van der Waals surface area contributed by atoms with Gasteiger partial charge in [-0.15, -0.1) is 0 Å². The number of hydrogen-bond donors (Lipinski definition) is 0. The standard InChI is InChI=1S/C22H20F2N2O/c23-16-2-1-15(6-17(16)24)18-19(22(18,10-25)11-26)20(27)21-7-12-3-13(8-21)5-14(4-12)9-21/h1-2,6,12-14,18-19H,3-5,7-9H2/t12?,13?,14?,18-,19-,21?/m1/s1. The lowest BCUT2D eigenvalue weighted by molar-refractivity contribution is -0.145. The van der Waals surface area contributed by atoms with Crippen LogP contribution >= 0.6 is 0 Å². The zero-order valence-corrected chi connectivity index (χ0v) is 14.9. The van der Waals surface area contributed by atoms with Crippen molar-refractivity contribution in [3.8, 4) is 12.1 Å². The van der Waals surface area contributed by atoms with E-state index >= 15 is 0 Å². The molecule has 0 amide bonds. The summed E-state index contributed by atoms with van der Waals surface area (Å²) in [7, 11) is 0. The van der Waals surface area contributed by atoms with Gasteiger partial charge < -0.3 is 0 Å². The van der Waals surface area contributed by atoms with Gasteiger partial charge in [-0.05, 0) is 74.0 Å². The first-order chi connectivity index (χ1) is 12.9. The van der Waals surface area contributed by atoms with Gasteiger partial charge in [-0.1, -0.05) is 6.07 Å². The molecule has 1 aromatic carbocycles. The molecule has 0 saturated heterocycles. The number of hydrogen-bond acceptors (Lipinski definition) is 3. The molecule has 0 N–H and O–H groups in total. The number of carbonyl (C=O) groups excluding carboxylic acids is 1. The van der Waals surface area contributed by atoms with Crippen molar-refractivity contribution >= 4 is 5.78 Å². The summed E-state index contributed by atoms with van der Waals surface area (Å²) in [5.74, 6) is -1.60. The maximum atomic E-state index is 13.7. The highest BCUT2D eigenvalue weighted by atomic mass is 19.2. The average molecular weight is 366 g/mol. The summed E-state index contributed by atoms with van der Waals surface area (Å²) in [6.07, 6.45) is 6.20. The first kappa shape index (κ1) is 16.9. The number of Topliss-reactive ketones (excluding diaryl/α,β-unsaturated/α-hetero) is 1. The third-order valence-electron chi connectivity index (χ3n) is 7.72. The van der Waals surface area contributed by atoms with E-state index in [1.54, 1.807) is 0 Å². The van der Waals surface area contributed by atoms with Crippen LogP contribution in [-0.4, -0.2) is 5.78 Å². The molecule has 5 saturated carbocycles. The molecule has 5 aliphatic rings. The number of halogens is 2. The Morgan fingerprint density at radius 3 is 2.00 bits per heavy atom. The SMILES string of the molecule is N#CC1(C#N)[C@H](c2ccc(F)c(F)c2)[C@@H]1C(=O)C12CC3CC(CC(C3)C1)C2. The molecule has 6 rings (SSSR count). The zero-order valence-electron chi connectivity index (χ0n) is 14.9. The monoisotopic (exact) mass is 366 g/mol. The molecule has 1 aromatic rings. The molecule has 0 aromatic heterocycles. The van der Waals surface area contributed by atoms with E-state index in [2.05, 4.69) is 0 Å². The fourth-order valence-corrected chi connectivity index (χ4v) is 6.95. The number of nitriles is 2. The van der Waals surface area contributed by atoms with Gasteiger partial charge in [0.1, 0.15) is 5.78 Å². The lowest BCUT2D eigenvalue weighted by Gasteiger charge is -2.56. The molecule has 3 nitrogen and oxygen atoms in total. The molecule has 5 fully saturated rings. The number of rotatable bonds is 3. The minimum atomic E-state index is -1.45. The zero-order chi connectivity index (χ0) is 19.0. The molecular weight excluding hydrogens is 346 g/mol. The van der Waals surface area contributed by atoms with Crippen LogP contribution in [0.2, 0.25) is 0 Å². The van der Waals surface area contributed by atoms with Crippen LogP contribution in [0.15, 0.2) is 18.2 Å². The van der Waals surface area contributed by atoms with Gasteiger partial charge in [0.05, 0.1) is 18.1 Å². The molecule has 27 heavy (non-hydrogen) atoms. The van der Waals surface area contributed by atoms with Gasteiger partial charge in [0, 0.05) is 11.3 Å². The number of ketones is 1. The quantitative estimate of drug-likeness (QED) is 0.791. The molecule has 4 bridgehead atoms. The van der Waals surface area contributed by atoms with Crippen LogP contribution in [0.25, 0.3) is 0 Å². The summed E-state index contributed by atoms with van der Waals surface area (Å²) in [4.78, 5) is 13.7. The highest BCUT2D eigenvalue weighted by molar-refractivity contribution is 5.94. The maximum absolute atomic E-state index is 13.7. The molecule has 0 heterocycles. The van der Waals surface area contributed by atoms with Crippen LogP contribution in [0.4, 0.5) is 8.78 Å². The van der Waals surface area contributed by atoms with Crippen molar-refractivity contribution in [3.63, 3.8) is 0 Å². The highest BCUT2D eigenvalue weighted by Gasteiger charge is 2.73. The minimum absolute atomic E-state index is 0.0273. The van der Waals surface area contributed by atoms with E-state index in [4.69, 9.17) is 0 Å². The predicted octanol–water partition coefficient (Wildman–Crippen LogP) is 4.50. The van der Waals surface area contributed by atoms with Crippen LogP contribution in [0.3, 0.4) is 0 Å².